The molecule has 0 aliphatic heterocycles. The van der Waals surface area contributed by atoms with Gasteiger partial charge in [-0.15, -0.1) is 11.6 Å². The minimum absolute atomic E-state index is 0.0952. The summed E-state index contributed by atoms with van der Waals surface area (Å²) in [5.41, 5.74) is -4.37. The molecule has 0 aliphatic carbocycles. The quantitative estimate of drug-likeness (QED) is 0.582. The zero-order valence-corrected chi connectivity index (χ0v) is 12.3. The molecule has 1 aromatic heterocycles. The van der Waals surface area contributed by atoms with E-state index >= 15 is 0 Å². The summed E-state index contributed by atoms with van der Waals surface area (Å²) in [4.78, 5) is 3.97. The summed E-state index contributed by atoms with van der Waals surface area (Å²) in [6, 6.07) is 1.71. The Morgan fingerprint density at radius 3 is 2.57 bits per heavy atom. The van der Waals surface area contributed by atoms with Gasteiger partial charge in [-0.1, -0.05) is 0 Å². The van der Waals surface area contributed by atoms with Crippen LogP contribution in [0.3, 0.4) is 0 Å². The zero-order valence-electron chi connectivity index (χ0n) is 10.7. The van der Waals surface area contributed by atoms with E-state index in [-0.39, 0.29) is 40.9 Å². The Morgan fingerprint density at radius 2 is 2.00 bits per heavy atom. The van der Waals surface area contributed by atoms with Crippen LogP contribution in [-0.4, -0.2) is 20.8 Å². The third-order valence-electron chi connectivity index (χ3n) is 2.74. The van der Waals surface area contributed by atoms with Crippen molar-refractivity contribution in [3.63, 3.8) is 0 Å². The predicted molar refractivity (Wildman–Crippen MR) is 72.4 cm³/mol. The Morgan fingerprint density at radius 1 is 1.33 bits per heavy atom. The number of thioether (sulfide) groups is 1. The van der Waals surface area contributed by atoms with E-state index in [9.17, 15) is 22.0 Å². The van der Waals surface area contributed by atoms with Gasteiger partial charge in [-0.2, -0.15) is 13.2 Å². The lowest BCUT2D eigenvalue weighted by Gasteiger charge is -2.11. The molecule has 0 amide bonds. The van der Waals surface area contributed by atoms with Crippen LogP contribution in [-0.2, 0) is 6.54 Å². The summed E-state index contributed by atoms with van der Waals surface area (Å²) >= 11 is 5.70. The van der Waals surface area contributed by atoms with E-state index in [0.29, 0.717) is 6.07 Å². The van der Waals surface area contributed by atoms with Gasteiger partial charge in [0.15, 0.2) is 5.82 Å². The summed E-state index contributed by atoms with van der Waals surface area (Å²) in [6.07, 6.45) is 0. The van der Waals surface area contributed by atoms with Gasteiger partial charge in [-0.3, -0.25) is 0 Å². The maximum Gasteiger partial charge on any atom is 0.441 e. The zero-order chi connectivity index (χ0) is 15.8. The highest BCUT2D eigenvalue weighted by atomic mass is 35.5. The van der Waals surface area contributed by atoms with Crippen LogP contribution in [0.15, 0.2) is 12.1 Å². The van der Waals surface area contributed by atoms with Gasteiger partial charge in [0.05, 0.1) is 10.9 Å². The average molecular weight is 345 g/mol. The summed E-state index contributed by atoms with van der Waals surface area (Å²) < 4.78 is 64.8. The highest BCUT2D eigenvalue weighted by molar-refractivity contribution is 8.00. The van der Waals surface area contributed by atoms with Crippen molar-refractivity contribution in [2.75, 3.05) is 5.75 Å². The van der Waals surface area contributed by atoms with Gasteiger partial charge in [0.2, 0.25) is 0 Å². The molecule has 1 heterocycles. The topological polar surface area (TPSA) is 17.8 Å². The number of nitrogens with zero attached hydrogens (tertiary/aromatic N) is 2. The molecule has 2 rings (SSSR count). The molecule has 2 nitrogen and oxygen atoms in total. The molecule has 0 saturated heterocycles. The smallest absolute Gasteiger partial charge is 0.326 e. The molecule has 0 fully saturated rings. The largest absolute Gasteiger partial charge is 0.441 e. The van der Waals surface area contributed by atoms with E-state index in [2.05, 4.69) is 4.98 Å². The van der Waals surface area contributed by atoms with Crippen molar-refractivity contribution in [2.24, 2.45) is 0 Å². The fourth-order valence-electron chi connectivity index (χ4n) is 1.96. The van der Waals surface area contributed by atoms with E-state index in [0.717, 1.165) is 6.07 Å². The Balaban J connectivity index is 2.41. The van der Waals surface area contributed by atoms with Gasteiger partial charge < -0.3 is 4.57 Å². The third-order valence-corrected chi connectivity index (χ3v) is 3.65. The third kappa shape index (κ3) is 3.79. The second kappa shape index (κ2) is 6.00. The van der Waals surface area contributed by atoms with Gasteiger partial charge in [-0.25, -0.2) is 13.8 Å². The number of hydrogen-bond acceptors (Lipinski definition) is 2. The standard InChI is InChI=1S/C12H10ClF5N2S/c1-6(13)11-19-10-8(15)4-7(14)5-9(10)20(11)2-3-21-12(16,17)18/h4-6H,2-3H2,1H3. The molecule has 1 atom stereocenters. The number of imidazole rings is 1. The van der Waals surface area contributed by atoms with Crippen LogP contribution in [0, 0.1) is 11.6 Å². The molecular formula is C12H10ClF5N2S. The van der Waals surface area contributed by atoms with Crippen LogP contribution >= 0.6 is 23.4 Å². The van der Waals surface area contributed by atoms with Crippen LogP contribution in [0.25, 0.3) is 11.0 Å². The Bertz CT molecular complexity index is 653. The molecule has 21 heavy (non-hydrogen) atoms. The first-order chi connectivity index (χ1) is 9.69. The van der Waals surface area contributed by atoms with Gasteiger partial charge in [0, 0.05) is 18.4 Å². The predicted octanol–water partition coefficient (Wildman–Crippen LogP) is 4.87. The number of aromatic nitrogens is 2. The van der Waals surface area contributed by atoms with Crippen molar-refractivity contribution in [3.05, 3.63) is 29.6 Å². The molecule has 0 saturated carbocycles. The Labute approximate surface area is 126 Å². The Hall–Kier alpha value is -1.02. The number of alkyl halides is 4. The summed E-state index contributed by atoms with van der Waals surface area (Å²) in [6.45, 7) is 1.46. The van der Waals surface area contributed by atoms with Gasteiger partial charge in [-0.05, 0) is 24.8 Å². The number of hydrogen-bond donors (Lipinski definition) is 0. The maximum absolute atomic E-state index is 13.7. The highest BCUT2D eigenvalue weighted by Crippen LogP contribution is 2.32. The van der Waals surface area contributed by atoms with Crippen LogP contribution in [0.4, 0.5) is 22.0 Å². The first-order valence-corrected chi connectivity index (χ1v) is 7.31. The molecular weight excluding hydrogens is 335 g/mol. The molecule has 2 aromatic rings. The van der Waals surface area contributed by atoms with E-state index in [4.69, 9.17) is 11.6 Å². The van der Waals surface area contributed by atoms with E-state index in [1.54, 1.807) is 6.92 Å². The fraction of sp³-hybridized carbons (Fsp3) is 0.417. The van der Waals surface area contributed by atoms with E-state index in [1.165, 1.54) is 4.57 Å². The van der Waals surface area contributed by atoms with Crippen LogP contribution in [0.1, 0.15) is 18.1 Å². The second-order valence-corrected chi connectivity index (χ2v) is 6.10. The van der Waals surface area contributed by atoms with E-state index < -0.39 is 22.5 Å². The number of benzene rings is 1. The molecule has 9 heteroatoms. The molecule has 116 valence electrons. The SMILES string of the molecule is CC(Cl)c1nc2c(F)cc(F)cc2n1CCSC(F)(F)F. The summed E-state index contributed by atoms with van der Waals surface area (Å²) in [7, 11) is 0. The fourth-order valence-corrected chi connectivity index (χ4v) is 2.63. The van der Waals surface area contributed by atoms with Gasteiger partial charge in [0.25, 0.3) is 0 Å². The van der Waals surface area contributed by atoms with Crippen molar-refractivity contribution in [2.45, 2.75) is 24.4 Å². The summed E-state index contributed by atoms with van der Waals surface area (Å²) in [5.74, 6) is -1.79. The van der Waals surface area contributed by atoms with Crippen molar-refractivity contribution >= 4 is 34.4 Å². The monoisotopic (exact) mass is 344 g/mol. The van der Waals surface area contributed by atoms with E-state index in [1.807, 2.05) is 0 Å². The molecule has 0 bridgehead atoms. The first kappa shape index (κ1) is 16.4. The highest BCUT2D eigenvalue weighted by Gasteiger charge is 2.28. The lowest BCUT2D eigenvalue weighted by Crippen LogP contribution is -2.10. The van der Waals surface area contributed by atoms with Crippen molar-refractivity contribution in [1.82, 2.24) is 9.55 Å². The maximum atomic E-state index is 13.7. The number of aryl methyl sites for hydroxylation is 1. The van der Waals surface area contributed by atoms with Crippen LogP contribution in [0.5, 0.6) is 0 Å². The number of rotatable bonds is 4. The lowest BCUT2D eigenvalue weighted by molar-refractivity contribution is -0.0328. The molecule has 0 aliphatic rings. The minimum atomic E-state index is -4.36. The number of fused-ring (bicyclic) bond motifs is 1. The molecule has 0 N–H and O–H groups in total. The van der Waals surface area contributed by atoms with Crippen LogP contribution in [0.2, 0.25) is 0 Å². The number of halogens is 6. The summed E-state index contributed by atoms with van der Waals surface area (Å²) in [5, 5.41) is -0.643. The molecule has 0 radical (unpaired) electrons. The van der Waals surface area contributed by atoms with Crippen molar-refractivity contribution < 1.29 is 22.0 Å². The molecule has 1 unspecified atom stereocenters. The van der Waals surface area contributed by atoms with Crippen LogP contribution < -0.4 is 0 Å². The van der Waals surface area contributed by atoms with Gasteiger partial charge >= 0.3 is 5.51 Å². The van der Waals surface area contributed by atoms with Crippen molar-refractivity contribution in [3.8, 4) is 0 Å². The molecule has 1 aromatic carbocycles. The first-order valence-electron chi connectivity index (χ1n) is 5.89. The normalized spacial score (nSPS) is 13.9. The minimum Gasteiger partial charge on any atom is -0.326 e. The van der Waals surface area contributed by atoms with Crippen molar-refractivity contribution in [1.29, 1.82) is 0 Å². The molecule has 0 spiro atoms. The Kier molecular flexibility index (Phi) is 4.67. The average Bonchev–Trinajstić information content (AvgIpc) is 2.67. The lowest BCUT2D eigenvalue weighted by atomic mass is 10.3. The van der Waals surface area contributed by atoms with Gasteiger partial charge in [0.1, 0.15) is 17.2 Å². The second-order valence-electron chi connectivity index (χ2n) is 4.29.